The van der Waals surface area contributed by atoms with Crippen molar-refractivity contribution in [3.63, 3.8) is 0 Å². The molecule has 19 heavy (non-hydrogen) atoms. The van der Waals surface area contributed by atoms with Gasteiger partial charge in [-0.3, -0.25) is 0 Å². The van der Waals surface area contributed by atoms with Crippen LogP contribution >= 0.6 is 0 Å². The van der Waals surface area contributed by atoms with Crippen molar-refractivity contribution in [1.29, 1.82) is 0 Å². The van der Waals surface area contributed by atoms with Gasteiger partial charge in [0.2, 0.25) is 0 Å². The van der Waals surface area contributed by atoms with E-state index in [4.69, 9.17) is 5.73 Å². The van der Waals surface area contributed by atoms with E-state index in [0.29, 0.717) is 6.04 Å². The SMILES string of the molecule is CCC1CCC(N(C)c2ccc([C@@H](C)N)cn2)CC1. The number of hydrogen-bond donors (Lipinski definition) is 1. The molecule has 0 saturated heterocycles. The van der Waals surface area contributed by atoms with Gasteiger partial charge in [0.15, 0.2) is 0 Å². The van der Waals surface area contributed by atoms with Crippen LogP contribution in [0.25, 0.3) is 0 Å². The van der Waals surface area contributed by atoms with Crippen molar-refractivity contribution in [3.8, 4) is 0 Å². The highest BCUT2D eigenvalue weighted by Crippen LogP contribution is 2.30. The van der Waals surface area contributed by atoms with E-state index in [1.165, 1.54) is 32.1 Å². The van der Waals surface area contributed by atoms with Crippen LogP contribution in [0.15, 0.2) is 18.3 Å². The van der Waals surface area contributed by atoms with Gasteiger partial charge in [0, 0.05) is 25.3 Å². The Labute approximate surface area is 117 Å². The highest BCUT2D eigenvalue weighted by molar-refractivity contribution is 5.40. The Morgan fingerprint density at radius 1 is 1.32 bits per heavy atom. The second-order valence-electron chi connectivity index (χ2n) is 5.93. The Balaban J connectivity index is 1.97. The lowest BCUT2D eigenvalue weighted by atomic mass is 9.84. The molecule has 2 rings (SSSR count). The highest BCUT2D eigenvalue weighted by atomic mass is 15.2. The fraction of sp³-hybridized carbons (Fsp3) is 0.688. The third kappa shape index (κ3) is 3.47. The average Bonchev–Trinajstić information content (AvgIpc) is 2.46. The smallest absolute Gasteiger partial charge is 0.128 e. The number of anilines is 1. The second-order valence-corrected chi connectivity index (χ2v) is 5.93. The number of nitrogens with two attached hydrogens (primary N) is 1. The summed E-state index contributed by atoms with van der Waals surface area (Å²) in [5.74, 6) is 2.02. The molecule has 0 unspecified atom stereocenters. The molecule has 3 nitrogen and oxygen atoms in total. The minimum atomic E-state index is 0.0619. The number of aromatic nitrogens is 1. The van der Waals surface area contributed by atoms with Gasteiger partial charge >= 0.3 is 0 Å². The van der Waals surface area contributed by atoms with E-state index in [0.717, 1.165) is 17.3 Å². The zero-order valence-electron chi connectivity index (χ0n) is 12.5. The molecule has 0 bridgehead atoms. The second kappa shape index (κ2) is 6.38. The molecule has 1 saturated carbocycles. The standard InChI is InChI=1S/C16H27N3/c1-4-13-5-8-15(9-6-13)19(3)16-10-7-14(11-18-16)12(2)17/h7,10-13,15H,4-6,8-9,17H2,1-3H3/t12-,13?,15?/m1/s1. The summed E-state index contributed by atoms with van der Waals surface area (Å²) in [4.78, 5) is 6.90. The van der Waals surface area contributed by atoms with Crippen molar-refractivity contribution in [3.05, 3.63) is 23.9 Å². The molecule has 1 heterocycles. The first-order valence-electron chi connectivity index (χ1n) is 7.56. The lowest BCUT2D eigenvalue weighted by molar-refractivity contribution is 0.313. The zero-order chi connectivity index (χ0) is 13.8. The summed E-state index contributed by atoms with van der Waals surface area (Å²) in [5.41, 5.74) is 6.96. The summed E-state index contributed by atoms with van der Waals surface area (Å²) in [6, 6.07) is 4.91. The molecule has 0 spiro atoms. The van der Waals surface area contributed by atoms with Crippen LogP contribution < -0.4 is 10.6 Å². The highest BCUT2D eigenvalue weighted by Gasteiger charge is 2.23. The first-order chi connectivity index (χ1) is 9.11. The van der Waals surface area contributed by atoms with Crippen molar-refractivity contribution >= 4 is 5.82 Å². The fourth-order valence-corrected chi connectivity index (χ4v) is 3.00. The summed E-state index contributed by atoms with van der Waals surface area (Å²) < 4.78 is 0. The molecule has 0 aliphatic heterocycles. The van der Waals surface area contributed by atoms with Crippen LogP contribution in [0.3, 0.4) is 0 Å². The Hall–Kier alpha value is -1.09. The molecule has 1 fully saturated rings. The van der Waals surface area contributed by atoms with Crippen molar-refractivity contribution in [1.82, 2.24) is 4.98 Å². The normalized spacial score (nSPS) is 25.1. The van der Waals surface area contributed by atoms with E-state index < -0.39 is 0 Å². The number of pyridine rings is 1. The fourth-order valence-electron chi connectivity index (χ4n) is 3.00. The van der Waals surface area contributed by atoms with Crippen LogP contribution in [0.5, 0.6) is 0 Å². The molecule has 0 aromatic carbocycles. The van der Waals surface area contributed by atoms with Crippen molar-refractivity contribution in [2.75, 3.05) is 11.9 Å². The third-order valence-electron chi connectivity index (χ3n) is 4.60. The van der Waals surface area contributed by atoms with Gasteiger partial charge in [0.1, 0.15) is 5.82 Å². The molecule has 1 aromatic rings. The van der Waals surface area contributed by atoms with Crippen LogP contribution in [0, 0.1) is 5.92 Å². The molecule has 0 radical (unpaired) electrons. The molecule has 1 aliphatic rings. The van der Waals surface area contributed by atoms with E-state index in [1.54, 1.807) is 0 Å². The first kappa shape index (κ1) is 14.3. The molecule has 1 aromatic heterocycles. The average molecular weight is 261 g/mol. The molecule has 1 atom stereocenters. The van der Waals surface area contributed by atoms with E-state index >= 15 is 0 Å². The van der Waals surface area contributed by atoms with E-state index in [2.05, 4.69) is 36.0 Å². The maximum atomic E-state index is 5.86. The van der Waals surface area contributed by atoms with E-state index in [1.807, 2.05) is 13.1 Å². The lowest BCUT2D eigenvalue weighted by Crippen LogP contribution is -2.35. The monoisotopic (exact) mass is 261 g/mol. The van der Waals surface area contributed by atoms with Crippen LogP contribution in [-0.2, 0) is 0 Å². The van der Waals surface area contributed by atoms with Gasteiger partial charge in [-0.1, -0.05) is 19.4 Å². The van der Waals surface area contributed by atoms with Crippen LogP contribution in [0.2, 0.25) is 0 Å². The van der Waals surface area contributed by atoms with Crippen molar-refractivity contribution in [2.24, 2.45) is 11.7 Å². The van der Waals surface area contributed by atoms with Gasteiger partial charge < -0.3 is 10.6 Å². The molecular weight excluding hydrogens is 234 g/mol. The molecule has 0 amide bonds. The molecule has 106 valence electrons. The Morgan fingerprint density at radius 2 is 2.00 bits per heavy atom. The van der Waals surface area contributed by atoms with Gasteiger partial charge in [0.25, 0.3) is 0 Å². The van der Waals surface area contributed by atoms with Crippen molar-refractivity contribution < 1.29 is 0 Å². The first-order valence-corrected chi connectivity index (χ1v) is 7.56. The third-order valence-corrected chi connectivity index (χ3v) is 4.60. The van der Waals surface area contributed by atoms with Gasteiger partial charge in [-0.2, -0.15) is 0 Å². The number of hydrogen-bond acceptors (Lipinski definition) is 3. The minimum Gasteiger partial charge on any atom is -0.357 e. The predicted molar refractivity (Wildman–Crippen MR) is 81.3 cm³/mol. The molecule has 2 N–H and O–H groups in total. The Morgan fingerprint density at radius 3 is 2.47 bits per heavy atom. The number of rotatable bonds is 4. The topological polar surface area (TPSA) is 42.1 Å². The lowest BCUT2D eigenvalue weighted by Gasteiger charge is -2.35. The molecule has 3 heteroatoms. The van der Waals surface area contributed by atoms with Gasteiger partial charge in [-0.25, -0.2) is 4.98 Å². The largest absolute Gasteiger partial charge is 0.357 e. The Bertz CT molecular complexity index is 377. The summed E-state index contributed by atoms with van der Waals surface area (Å²) in [6.45, 7) is 4.30. The van der Waals surface area contributed by atoms with Crippen molar-refractivity contribution in [2.45, 2.75) is 58.0 Å². The van der Waals surface area contributed by atoms with E-state index in [9.17, 15) is 0 Å². The van der Waals surface area contributed by atoms with Gasteiger partial charge in [0.05, 0.1) is 0 Å². The van der Waals surface area contributed by atoms with Crippen LogP contribution in [-0.4, -0.2) is 18.1 Å². The van der Waals surface area contributed by atoms with Gasteiger partial charge in [-0.15, -0.1) is 0 Å². The minimum absolute atomic E-state index is 0.0619. The zero-order valence-corrected chi connectivity index (χ0v) is 12.5. The van der Waals surface area contributed by atoms with Crippen LogP contribution in [0.4, 0.5) is 5.82 Å². The quantitative estimate of drug-likeness (QED) is 0.902. The summed E-state index contributed by atoms with van der Waals surface area (Å²) in [6.07, 6.45) is 8.57. The summed E-state index contributed by atoms with van der Waals surface area (Å²) in [5, 5.41) is 0. The number of nitrogens with zero attached hydrogens (tertiary/aromatic N) is 2. The molecule has 1 aliphatic carbocycles. The molecular formula is C16H27N3. The Kier molecular flexibility index (Phi) is 4.81. The summed E-state index contributed by atoms with van der Waals surface area (Å²) >= 11 is 0. The van der Waals surface area contributed by atoms with Gasteiger partial charge in [-0.05, 0) is 50.2 Å². The predicted octanol–water partition coefficient (Wildman–Crippen LogP) is 3.51. The maximum absolute atomic E-state index is 5.86. The van der Waals surface area contributed by atoms with E-state index in [-0.39, 0.29) is 6.04 Å². The maximum Gasteiger partial charge on any atom is 0.128 e. The van der Waals surface area contributed by atoms with Crippen LogP contribution in [0.1, 0.15) is 57.6 Å². The summed E-state index contributed by atoms with van der Waals surface area (Å²) in [7, 11) is 2.17.